The molecular formula is C10H15NO4. The third kappa shape index (κ3) is 6.45. The highest BCUT2D eigenvalue weighted by molar-refractivity contribution is 5.87. The van der Waals surface area contributed by atoms with Gasteiger partial charge in [0.05, 0.1) is 6.61 Å². The Morgan fingerprint density at radius 2 is 2.20 bits per heavy atom. The minimum atomic E-state index is -0.538. The van der Waals surface area contributed by atoms with E-state index in [-0.39, 0.29) is 19.1 Å². The van der Waals surface area contributed by atoms with Gasteiger partial charge in [-0.15, -0.1) is 0 Å². The molecule has 0 saturated heterocycles. The molecule has 0 saturated carbocycles. The van der Waals surface area contributed by atoms with E-state index in [2.05, 4.69) is 11.3 Å². The fourth-order valence-corrected chi connectivity index (χ4v) is 0.747. The predicted octanol–water partition coefficient (Wildman–Crippen LogP) is -0.278. The van der Waals surface area contributed by atoms with Crippen molar-refractivity contribution in [3.05, 3.63) is 24.8 Å². The van der Waals surface area contributed by atoms with Crippen molar-refractivity contribution in [3.63, 3.8) is 0 Å². The van der Waals surface area contributed by atoms with Crippen LogP contribution in [0.15, 0.2) is 24.8 Å². The van der Waals surface area contributed by atoms with E-state index in [0.29, 0.717) is 6.54 Å². The van der Waals surface area contributed by atoms with Crippen LogP contribution in [0, 0.1) is 0 Å². The average molecular weight is 213 g/mol. The maximum absolute atomic E-state index is 11.0. The van der Waals surface area contributed by atoms with Gasteiger partial charge in [-0.25, -0.2) is 4.79 Å². The zero-order valence-electron chi connectivity index (χ0n) is 8.68. The highest BCUT2D eigenvalue weighted by Gasteiger charge is 2.01. The van der Waals surface area contributed by atoms with Gasteiger partial charge in [-0.2, -0.15) is 0 Å². The molecule has 0 rings (SSSR count). The molecule has 0 aromatic carbocycles. The summed E-state index contributed by atoms with van der Waals surface area (Å²) in [6, 6.07) is 0. The van der Waals surface area contributed by atoms with E-state index in [4.69, 9.17) is 5.11 Å². The molecule has 84 valence electrons. The van der Waals surface area contributed by atoms with Gasteiger partial charge in [-0.1, -0.05) is 12.7 Å². The molecule has 0 atom stereocenters. The molecule has 0 aliphatic heterocycles. The molecule has 0 unspecified atom stereocenters. The van der Waals surface area contributed by atoms with E-state index >= 15 is 0 Å². The minimum Gasteiger partial charge on any atom is -0.460 e. The zero-order valence-corrected chi connectivity index (χ0v) is 8.68. The second-order valence-corrected chi connectivity index (χ2v) is 2.72. The SMILES string of the molecule is C=CC(=O)N(C)C/C=C/C(=O)OCCO. The van der Waals surface area contributed by atoms with E-state index in [1.165, 1.54) is 23.1 Å². The summed E-state index contributed by atoms with van der Waals surface area (Å²) in [6.45, 7) is 3.41. The van der Waals surface area contributed by atoms with E-state index in [0.717, 1.165) is 0 Å². The molecule has 0 aliphatic carbocycles. The molecule has 0 heterocycles. The monoisotopic (exact) mass is 213 g/mol. The molecule has 15 heavy (non-hydrogen) atoms. The Bertz CT molecular complexity index is 260. The van der Waals surface area contributed by atoms with Crippen LogP contribution in [0.3, 0.4) is 0 Å². The maximum Gasteiger partial charge on any atom is 0.330 e. The van der Waals surface area contributed by atoms with Crippen molar-refractivity contribution >= 4 is 11.9 Å². The molecule has 5 heteroatoms. The molecule has 0 spiro atoms. The van der Waals surface area contributed by atoms with Crippen LogP contribution in [-0.2, 0) is 14.3 Å². The summed E-state index contributed by atoms with van der Waals surface area (Å²) < 4.78 is 4.56. The number of rotatable bonds is 6. The number of esters is 1. The van der Waals surface area contributed by atoms with Crippen LogP contribution < -0.4 is 0 Å². The van der Waals surface area contributed by atoms with Crippen LogP contribution in [0.25, 0.3) is 0 Å². The number of carbonyl (C=O) groups excluding carboxylic acids is 2. The highest BCUT2D eigenvalue weighted by atomic mass is 16.5. The van der Waals surface area contributed by atoms with Crippen LogP contribution in [-0.4, -0.2) is 48.7 Å². The second-order valence-electron chi connectivity index (χ2n) is 2.72. The smallest absolute Gasteiger partial charge is 0.330 e. The van der Waals surface area contributed by atoms with Crippen molar-refractivity contribution in [3.8, 4) is 0 Å². The van der Waals surface area contributed by atoms with Gasteiger partial charge in [0.1, 0.15) is 6.61 Å². The van der Waals surface area contributed by atoms with Crippen LogP contribution in [0.4, 0.5) is 0 Å². The summed E-state index contributed by atoms with van der Waals surface area (Å²) >= 11 is 0. The molecular weight excluding hydrogens is 198 g/mol. The zero-order chi connectivity index (χ0) is 11.7. The Balaban J connectivity index is 3.83. The molecule has 0 fully saturated rings. The first kappa shape index (κ1) is 13.4. The third-order valence-corrected chi connectivity index (χ3v) is 1.52. The number of hydrogen-bond donors (Lipinski definition) is 1. The van der Waals surface area contributed by atoms with Crippen molar-refractivity contribution in [2.24, 2.45) is 0 Å². The highest BCUT2D eigenvalue weighted by Crippen LogP contribution is 1.88. The summed E-state index contributed by atoms with van der Waals surface area (Å²) in [5, 5.41) is 8.37. The topological polar surface area (TPSA) is 66.8 Å². The lowest BCUT2D eigenvalue weighted by molar-refractivity contribution is -0.138. The number of nitrogens with zero attached hydrogens (tertiary/aromatic N) is 1. The number of aliphatic hydroxyl groups excluding tert-OH is 1. The summed E-state index contributed by atoms with van der Waals surface area (Å²) in [4.78, 5) is 23.3. The van der Waals surface area contributed by atoms with Crippen LogP contribution >= 0.6 is 0 Å². The number of carbonyl (C=O) groups is 2. The first-order chi connectivity index (χ1) is 7.11. The fourth-order valence-electron chi connectivity index (χ4n) is 0.747. The second kappa shape index (κ2) is 7.75. The lowest BCUT2D eigenvalue weighted by atomic mass is 10.4. The Kier molecular flexibility index (Phi) is 6.92. The van der Waals surface area contributed by atoms with Crippen LogP contribution in [0.5, 0.6) is 0 Å². The molecule has 1 amide bonds. The van der Waals surface area contributed by atoms with Gasteiger partial charge < -0.3 is 14.7 Å². The Labute approximate surface area is 88.6 Å². The summed E-state index contributed by atoms with van der Waals surface area (Å²) in [5.74, 6) is -0.758. The third-order valence-electron chi connectivity index (χ3n) is 1.52. The van der Waals surface area contributed by atoms with E-state index < -0.39 is 5.97 Å². The molecule has 1 N–H and O–H groups in total. The van der Waals surface area contributed by atoms with E-state index in [1.807, 2.05) is 0 Å². The van der Waals surface area contributed by atoms with Gasteiger partial charge in [0.15, 0.2) is 0 Å². The van der Waals surface area contributed by atoms with Gasteiger partial charge in [0.25, 0.3) is 0 Å². The van der Waals surface area contributed by atoms with Gasteiger partial charge in [-0.05, 0) is 6.08 Å². The van der Waals surface area contributed by atoms with Crippen LogP contribution in [0.2, 0.25) is 0 Å². The standard InChI is InChI=1S/C10H15NO4/c1-3-9(13)11(2)6-4-5-10(14)15-8-7-12/h3-5,12H,1,6-8H2,2H3/b5-4+. The van der Waals surface area contributed by atoms with Crippen molar-refractivity contribution in [1.29, 1.82) is 0 Å². The first-order valence-electron chi connectivity index (χ1n) is 4.43. The average Bonchev–Trinajstić information content (AvgIpc) is 2.24. The summed E-state index contributed by atoms with van der Waals surface area (Å²) in [6.07, 6.45) is 3.90. The Morgan fingerprint density at radius 3 is 2.73 bits per heavy atom. The molecule has 0 radical (unpaired) electrons. The normalized spacial score (nSPS) is 10.0. The Hall–Kier alpha value is -1.62. The largest absolute Gasteiger partial charge is 0.460 e. The first-order valence-corrected chi connectivity index (χ1v) is 4.43. The van der Waals surface area contributed by atoms with Gasteiger partial charge in [0, 0.05) is 19.7 Å². The molecule has 0 aromatic rings. The van der Waals surface area contributed by atoms with Crippen molar-refractivity contribution in [2.75, 3.05) is 26.8 Å². The van der Waals surface area contributed by atoms with E-state index in [9.17, 15) is 9.59 Å². The van der Waals surface area contributed by atoms with Gasteiger partial charge in [-0.3, -0.25) is 4.79 Å². The molecule has 5 nitrogen and oxygen atoms in total. The van der Waals surface area contributed by atoms with Crippen molar-refractivity contribution in [1.82, 2.24) is 4.90 Å². The lowest BCUT2D eigenvalue weighted by Crippen LogP contribution is -2.24. The fraction of sp³-hybridized carbons (Fsp3) is 0.400. The number of ether oxygens (including phenoxy) is 1. The maximum atomic E-state index is 11.0. The van der Waals surface area contributed by atoms with Gasteiger partial charge in [0.2, 0.25) is 5.91 Å². The number of amides is 1. The van der Waals surface area contributed by atoms with Crippen LogP contribution in [0.1, 0.15) is 0 Å². The molecule has 0 bridgehead atoms. The number of aliphatic hydroxyl groups is 1. The lowest BCUT2D eigenvalue weighted by Gasteiger charge is -2.11. The van der Waals surface area contributed by atoms with E-state index in [1.54, 1.807) is 7.05 Å². The number of hydrogen-bond acceptors (Lipinski definition) is 4. The van der Waals surface area contributed by atoms with Gasteiger partial charge >= 0.3 is 5.97 Å². The molecule has 0 aliphatic rings. The van der Waals surface area contributed by atoms with Crippen molar-refractivity contribution < 1.29 is 19.4 Å². The summed E-state index contributed by atoms with van der Waals surface area (Å²) in [7, 11) is 1.59. The van der Waals surface area contributed by atoms with Crippen molar-refractivity contribution in [2.45, 2.75) is 0 Å². The Morgan fingerprint density at radius 1 is 1.53 bits per heavy atom. The minimum absolute atomic E-state index is 0.0232. The number of likely N-dealkylation sites (N-methyl/N-ethyl adjacent to an activating group) is 1. The quantitative estimate of drug-likeness (QED) is 0.487. The summed E-state index contributed by atoms with van der Waals surface area (Å²) in [5.41, 5.74) is 0. The predicted molar refractivity (Wildman–Crippen MR) is 55.0 cm³/mol. The molecule has 0 aromatic heterocycles.